The van der Waals surface area contributed by atoms with E-state index in [0.717, 1.165) is 25.7 Å². The minimum Gasteiger partial charge on any atom is -0.391 e. The van der Waals surface area contributed by atoms with E-state index >= 15 is 0 Å². The zero-order valence-corrected chi connectivity index (χ0v) is 18.1. The van der Waals surface area contributed by atoms with Gasteiger partial charge in [0.15, 0.2) is 5.78 Å². The van der Waals surface area contributed by atoms with Crippen molar-refractivity contribution in [3.8, 4) is 0 Å². The maximum atomic E-state index is 12.2. The molecule has 0 aliphatic heterocycles. The van der Waals surface area contributed by atoms with Gasteiger partial charge in [0, 0.05) is 6.42 Å². The number of ketones is 1. The Hall–Kier alpha value is -0.710. The van der Waals surface area contributed by atoms with Gasteiger partial charge >= 0.3 is 0 Å². The molecule has 0 aliphatic rings. The molecule has 0 aromatic carbocycles. The van der Waals surface area contributed by atoms with E-state index in [2.05, 4.69) is 19.1 Å². The number of carbonyl (C=O) groups excluding carboxylic acids is 1. The molecule has 0 radical (unpaired) electrons. The van der Waals surface area contributed by atoms with Crippen molar-refractivity contribution in [1.82, 2.24) is 0 Å². The van der Waals surface area contributed by atoms with Crippen LogP contribution in [0.5, 0.6) is 0 Å². The first-order valence-electron chi connectivity index (χ1n) is 11.2. The van der Waals surface area contributed by atoms with Gasteiger partial charge in [0.2, 0.25) is 0 Å². The van der Waals surface area contributed by atoms with E-state index in [1.807, 2.05) is 0 Å². The van der Waals surface area contributed by atoms with Crippen LogP contribution in [0, 0.1) is 0 Å². The summed E-state index contributed by atoms with van der Waals surface area (Å²) in [5.41, 5.74) is 4.39. The number of hydrogen-bond donors (Lipinski definition) is 3. The van der Waals surface area contributed by atoms with Gasteiger partial charge in [-0.15, -0.1) is 0 Å². The number of aliphatic hydroxyl groups excluding tert-OH is 2. The minimum absolute atomic E-state index is 0.245. The largest absolute Gasteiger partial charge is 0.391 e. The summed E-state index contributed by atoms with van der Waals surface area (Å²) in [7, 11) is 0. The Bertz CT molecular complexity index is 383. The first kappa shape index (κ1) is 26.3. The molecule has 0 fully saturated rings. The molecular formula is C23H45NO3. The molecule has 2 atom stereocenters. The Morgan fingerprint density at radius 2 is 1.22 bits per heavy atom. The highest BCUT2D eigenvalue weighted by molar-refractivity contribution is 5.89. The van der Waals surface area contributed by atoms with Crippen LogP contribution in [0.2, 0.25) is 0 Å². The molecule has 2 unspecified atom stereocenters. The van der Waals surface area contributed by atoms with Crippen molar-refractivity contribution in [3.63, 3.8) is 0 Å². The molecule has 0 spiro atoms. The fraction of sp³-hybridized carbons (Fsp3) is 0.870. The summed E-state index contributed by atoms with van der Waals surface area (Å²) in [5, 5.41) is 19.5. The van der Waals surface area contributed by atoms with Gasteiger partial charge in [-0.3, -0.25) is 4.79 Å². The maximum absolute atomic E-state index is 12.2. The van der Waals surface area contributed by atoms with Crippen molar-refractivity contribution < 1.29 is 15.0 Å². The van der Waals surface area contributed by atoms with Crippen LogP contribution in [-0.2, 0) is 4.79 Å². The van der Waals surface area contributed by atoms with Gasteiger partial charge in [-0.2, -0.15) is 0 Å². The molecule has 0 rings (SSSR count). The lowest BCUT2D eigenvalue weighted by Crippen LogP contribution is -2.63. The summed E-state index contributed by atoms with van der Waals surface area (Å²) < 4.78 is 0. The predicted molar refractivity (Wildman–Crippen MR) is 115 cm³/mol. The van der Waals surface area contributed by atoms with Crippen LogP contribution >= 0.6 is 0 Å². The summed E-state index contributed by atoms with van der Waals surface area (Å²) >= 11 is 0. The first-order valence-corrected chi connectivity index (χ1v) is 11.2. The fourth-order valence-corrected chi connectivity index (χ4v) is 3.39. The van der Waals surface area contributed by atoms with Crippen molar-refractivity contribution in [3.05, 3.63) is 12.2 Å². The number of Topliss-reactive ketones (excluding diaryl/α,β-unsaturated/α-hetero) is 1. The fourth-order valence-electron chi connectivity index (χ4n) is 3.39. The van der Waals surface area contributed by atoms with E-state index in [0.29, 0.717) is 6.42 Å². The van der Waals surface area contributed by atoms with Crippen LogP contribution in [0.1, 0.15) is 111 Å². The molecule has 0 aromatic rings. The molecule has 4 N–H and O–H groups in total. The highest BCUT2D eigenvalue weighted by Crippen LogP contribution is 2.19. The van der Waals surface area contributed by atoms with Crippen LogP contribution in [-0.4, -0.2) is 33.7 Å². The average Bonchev–Trinajstić information content (AvgIpc) is 2.63. The molecule has 27 heavy (non-hydrogen) atoms. The SMILES string of the molecule is CCCCCCCCC=CCCCCCCCC(=O)C(N)(C(C)O)C(C)O. The monoisotopic (exact) mass is 383 g/mol. The Balaban J connectivity index is 3.59. The number of unbranched alkanes of at least 4 members (excludes halogenated alkanes) is 11. The number of nitrogens with two attached hydrogens (primary N) is 1. The van der Waals surface area contributed by atoms with E-state index in [4.69, 9.17) is 5.73 Å². The van der Waals surface area contributed by atoms with Crippen molar-refractivity contribution in [2.75, 3.05) is 0 Å². The maximum Gasteiger partial charge on any atom is 0.157 e. The molecule has 0 heterocycles. The minimum atomic E-state index is -1.54. The third kappa shape index (κ3) is 11.7. The number of hydrogen-bond acceptors (Lipinski definition) is 4. The summed E-state index contributed by atoms with van der Waals surface area (Å²) in [6, 6.07) is 0. The predicted octanol–water partition coefficient (Wildman–Crippen LogP) is 5.05. The van der Waals surface area contributed by atoms with Gasteiger partial charge in [0.25, 0.3) is 0 Å². The Labute approximate surface area is 167 Å². The molecular weight excluding hydrogens is 338 g/mol. The van der Waals surface area contributed by atoms with Crippen molar-refractivity contribution in [2.24, 2.45) is 5.73 Å². The second kappa shape index (κ2) is 16.3. The third-order valence-electron chi connectivity index (χ3n) is 5.53. The van der Waals surface area contributed by atoms with Crippen LogP contribution < -0.4 is 5.73 Å². The first-order chi connectivity index (χ1) is 12.9. The molecule has 0 saturated heterocycles. The zero-order chi connectivity index (χ0) is 20.5. The summed E-state index contributed by atoms with van der Waals surface area (Å²) in [5.74, 6) is -0.245. The summed E-state index contributed by atoms with van der Waals surface area (Å²) in [6.07, 6.45) is 18.6. The smallest absolute Gasteiger partial charge is 0.157 e. The number of aliphatic hydroxyl groups is 2. The molecule has 160 valence electrons. The van der Waals surface area contributed by atoms with Gasteiger partial charge in [-0.25, -0.2) is 0 Å². The van der Waals surface area contributed by atoms with Crippen LogP contribution in [0.15, 0.2) is 12.2 Å². The van der Waals surface area contributed by atoms with Gasteiger partial charge in [0.1, 0.15) is 5.54 Å². The van der Waals surface area contributed by atoms with Crippen molar-refractivity contribution >= 4 is 5.78 Å². The lowest BCUT2D eigenvalue weighted by molar-refractivity contribution is -0.133. The molecule has 0 bridgehead atoms. The number of rotatable bonds is 18. The summed E-state index contributed by atoms with van der Waals surface area (Å²) in [4.78, 5) is 12.2. The van der Waals surface area contributed by atoms with Gasteiger partial charge in [0.05, 0.1) is 12.2 Å². The van der Waals surface area contributed by atoms with E-state index in [9.17, 15) is 15.0 Å². The van der Waals surface area contributed by atoms with E-state index in [1.54, 1.807) is 0 Å². The van der Waals surface area contributed by atoms with Gasteiger partial charge < -0.3 is 15.9 Å². The van der Waals surface area contributed by atoms with Crippen LogP contribution in [0.3, 0.4) is 0 Å². The highest BCUT2D eigenvalue weighted by Gasteiger charge is 2.42. The quantitative estimate of drug-likeness (QED) is 0.228. The van der Waals surface area contributed by atoms with Crippen molar-refractivity contribution in [1.29, 1.82) is 0 Å². The lowest BCUT2D eigenvalue weighted by atomic mass is 9.82. The van der Waals surface area contributed by atoms with Crippen LogP contribution in [0.4, 0.5) is 0 Å². The summed E-state index contributed by atoms with van der Waals surface area (Å²) in [6.45, 7) is 5.18. The zero-order valence-electron chi connectivity index (χ0n) is 18.1. The number of allylic oxidation sites excluding steroid dienone is 2. The highest BCUT2D eigenvalue weighted by atomic mass is 16.3. The number of carbonyl (C=O) groups is 1. The molecule has 0 aromatic heterocycles. The molecule has 4 heteroatoms. The van der Waals surface area contributed by atoms with Gasteiger partial charge in [-0.05, 0) is 46.0 Å². The van der Waals surface area contributed by atoms with E-state index < -0.39 is 17.7 Å². The third-order valence-corrected chi connectivity index (χ3v) is 5.53. The lowest BCUT2D eigenvalue weighted by Gasteiger charge is -2.33. The Kier molecular flexibility index (Phi) is 15.8. The van der Waals surface area contributed by atoms with E-state index in [1.165, 1.54) is 71.6 Å². The Morgan fingerprint density at radius 3 is 1.67 bits per heavy atom. The topological polar surface area (TPSA) is 83.6 Å². The second-order valence-corrected chi connectivity index (χ2v) is 8.04. The second-order valence-electron chi connectivity index (χ2n) is 8.04. The van der Waals surface area contributed by atoms with Crippen molar-refractivity contribution in [2.45, 2.75) is 128 Å². The molecule has 4 nitrogen and oxygen atoms in total. The van der Waals surface area contributed by atoms with Gasteiger partial charge in [-0.1, -0.05) is 70.4 Å². The molecule has 0 saturated carbocycles. The standard InChI is InChI=1S/C23H45NO3/c1-4-5-6-7-8-9-10-11-12-13-14-15-16-17-18-19-22(27)23(24,20(2)25)21(3)26/h11-12,20-21,25-26H,4-10,13-19,24H2,1-3H3. The average molecular weight is 384 g/mol. The van der Waals surface area contributed by atoms with Crippen LogP contribution in [0.25, 0.3) is 0 Å². The normalized spacial score (nSPS) is 16.4. The molecule has 0 aliphatic carbocycles. The van der Waals surface area contributed by atoms with E-state index in [-0.39, 0.29) is 5.78 Å². The Morgan fingerprint density at radius 1 is 0.815 bits per heavy atom. The molecule has 0 amide bonds.